The van der Waals surface area contributed by atoms with E-state index in [1.165, 1.54) is 37.7 Å². The van der Waals surface area contributed by atoms with E-state index in [-0.39, 0.29) is 0 Å². The van der Waals surface area contributed by atoms with Gasteiger partial charge in [0, 0.05) is 25.0 Å². The largest absolute Gasteiger partial charge is 0.367 e. The Morgan fingerprint density at radius 1 is 1.33 bits per heavy atom. The molecule has 0 saturated carbocycles. The molecule has 0 amide bonds. The third-order valence-corrected chi connectivity index (χ3v) is 2.81. The van der Waals surface area contributed by atoms with Gasteiger partial charge in [-0.3, -0.25) is 0 Å². The summed E-state index contributed by atoms with van der Waals surface area (Å²) in [6, 6.07) is 2.76. The summed E-state index contributed by atoms with van der Waals surface area (Å²) >= 11 is 0. The van der Waals surface area contributed by atoms with Crippen LogP contribution in [0.1, 0.15) is 51.5 Å². The molecule has 2 nitrogen and oxygen atoms in total. The summed E-state index contributed by atoms with van der Waals surface area (Å²) in [5.74, 6) is 0. The number of H-pyrrole nitrogens is 1. The van der Waals surface area contributed by atoms with Crippen molar-refractivity contribution in [3.05, 3.63) is 24.0 Å². The van der Waals surface area contributed by atoms with Crippen molar-refractivity contribution in [2.24, 2.45) is 0 Å². The van der Waals surface area contributed by atoms with E-state index in [0.29, 0.717) is 6.04 Å². The number of hydrogen-bond donors (Lipinski definition) is 2. The molecular weight excluding hydrogens is 184 g/mol. The summed E-state index contributed by atoms with van der Waals surface area (Å²) in [7, 11) is 0. The Hall–Kier alpha value is -0.760. The van der Waals surface area contributed by atoms with Crippen molar-refractivity contribution in [1.82, 2.24) is 10.3 Å². The molecule has 0 aliphatic heterocycles. The maximum Gasteiger partial charge on any atom is 0.0222 e. The smallest absolute Gasteiger partial charge is 0.0222 e. The second kappa shape index (κ2) is 7.52. The molecule has 2 N–H and O–H groups in total. The van der Waals surface area contributed by atoms with E-state index in [4.69, 9.17) is 0 Å². The third-order valence-electron chi connectivity index (χ3n) is 2.81. The van der Waals surface area contributed by atoms with Gasteiger partial charge in [0.1, 0.15) is 0 Å². The highest BCUT2D eigenvalue weighted by Gasteiger charge is 2.01. The molecule has 1 atom stereocenters. The summed E-state index contributed by atoms with van der Waals surface area (Å²) in [4.78, 5) is 3.07. The van der Waals surface area contributed by atoms with Crippen LogP contribution in [0.15, 0.2) is 18.5 Å². The molecule has 1 aromatic rings. The van der Waals surface area contributed by atoms with Crippen molar-refractivity contribution in [1.29, 1.82) is 0 Å². The quantitative estimate of drug-likeness (QED) is 0.629. The first-order chi connectivity index (χ1) is 7.33. The van der Waals surface area contributed by atoms with Gasteiger partial charge in [-0.25, -0.2) is 0 Å². The molecular formula is C13H24N2. The molecule has 0 spiro atoms. The molecule has 0 aliphatic carbocycles. The van der Waals surface area contributed by atoms with Gasteiger partial charge in [-0.1, -0.05) is 32.6 Å². The van der Waals surface area contributed by atoms with Crippen LogP contribution in [-0.2, 0) is 6.54 Å². The maximum absolute atomic E-state index is 3.54. The van der Waals surface area contributed by atoms with Crippen molar-refractivity contribution in [3.8, 4) is 0 Å². The molecule has 0 radical (unpaired) electrons. The SMILES string of the molecule is CCCCCCC(C)NCc1cc[nH]c1. The van der Waals surface area contributed by atoms with E-state index >= 15 is 0 Å². The molecule has 1 unspecified atom stereocenters. The van der Waals surface area contributed by atoms with Crippen molar-refractivity contribution in [2.75, 3.05) is 0 Å². The van der Waals surface area contributed by atoms with Gasteiger partial charge in [0.05, 0.1) is 0 Å². The molecule has 1 heterocycles. The minimum absolute atomic E-state index is 0.636. The molecule has 2 heteroatoms. The highest BCUT2D eigenvalue weighted by Crippen LogP contribution is 2.06. The number of rotatable bonds is 8. The number of aromatic amines is 1. The second-order valence-electron chi connectivity index (χ2n) is 4.35. The second-order valence-corrected chi connectivity index (χ2v) is 4.35. The van der Waals surface area contributed by atoms with Crippen LogP contribution < -0.4 is 5.32 Å². The fourth-order valence-corrected chi connectivity index (χ4v) is 1.74. The van der Waals surface area contributed by atoms with Gasteiger partial charge in [-0.15, -0.1) is 0 Å². The normalized spacial score (nSPS) is 12.9. The summed E-state index contributed by atoms with van der Waals surface area (Å²) in [5.41, 5.74) is 1.34. The third kappa shape index (κ3) is 5.63. The number of hydrogen-bond acceptors (Lipinski definition) is 1. The zero-order valence-electron chi connectivity index (χ0n) is 10.1. The van der Waals surface area contributed by atoms with E-state index < -0.39 is 0 Å². The highest BCUT2D eigenvalue weighted by molar-refractivity contribution is 5.07. The Morgan fingerprint density at radius 3 is 2.87 bits per heavy atom. The van der Waals surface area contributed by atoms with Crippen LogP contribution in [0.25, 0.3) is 0 Å². The molecule has 0 aromatic carbocycles. The van der Waals surface area contributed by atoms with Crippen LogP contribution in [0.2, 0.25) is 0 Å². The fourth-order valence-electron chi connectivity index (χ4n) is 1.74. The number of nitrogens with one attached hydrogen (secondary N) is 2. The lowest BCUT2D eigenvalue weighted by Gasteiger charge is -2.12. The Morgan fingerprint density at radius 2 is 2.20 bits per heavy atom. The zero-order chi connectivity index (χ0) is 10.9. The van der Waals surface area contributed by atoms with E-state index in [0.717, 1.165) is 6.54 Å². The Balaban J connectivity index is 2.01. The van der Waals surface area contributed by atoms with Crippen molar-refractivity contribution >= 4 is 0 Å². The van der Waals surface area contributed by atoms with Gasteiger partial charge in [-0.05, 0) is 25.0 Å². The van der Waals surface area contributed by atoms with Crippen LogP contribution in [0.5, 0.6) is 0 Å². The van der Waals surface area contributed by atoms with Gasteiger partial charge in [0.15, 0.2) is 0 Å². The van der Waals surface area contributed by atoms with Gasteiger partial charge < -0.3 is 10.3 Å². The van der Waals surface area contributed by atoms with Crippen LogP contribution in [-0.4, -0.2) is 11.0 Å². The lowest BCUT2D eigenvalue weighted by molar-refractivity contribution is 0.483. The van der Waals surface area contributed by atoms with Crippen LogP contribution in [0.3, 0.4) is 0 Å². The average molecular weight is 208 g/mol. The number of unbranched alkanes of at least 4 members (excludes halogenated alkanes) is 3. The van der Waals surface area contributed by atoms with Crippen molar-refractivity contribution in [3.63, 3.8) is 0 Å². The predicted molar refractivity (Wildman–Crippen MR) is 65.9 cm³/mol. The van der Waals surface area contributed by atoms with Crippen molar-refractivity contribution in [2.45, 2.75) is 58.5 Å². The average Bonchev–Trinajstić information content (AvgIpc) is 2.74. The fraction of sp³-hybridized carbons (Fsp3) is 0.692. The Labute approximate surface area is 93.5 Å². The van der Waals surface area contributed by atoms with E-state index in [2.05, 4.69) is 36.4 Å². The topological polar surface area (TPSA) is 27.8 Å². The molecule has 0 bridgehead atoms. The Kier molecular flexibility index (Phi) is 6.17. The molecule has 1 aromatic heterocycles. The van der Waals surface area contributed by atoms with Crippen LogP contribution in [0.4, 0.5) is 0 Å². The van der Waals surface area contributed by atoms with E-state index in [1.807, 2.05) is 6.20 Å². The molecule has 15 heavy (non-hydrogen) atoms. The lowest BCUT2D eigenvalue weighted by atomic mass is 10.1. The van der Waals surface area contributed by atoms with Gasteiger partial charge in [-0.2, -0.15) is 0 Å². The predicted octanol–water partition coefficient (Wildman–Crippen LogP) is 3.46. The first-order valence-electron chi connectivity index (χ1n) is 6.18. The first-order valence-corrected chi connectivity index (χ1v) is 6.18. The zero-order valence-corrected chi connectivity index (χ0v) is 10.1. The van der Waals surface area contributed by atoms with Crippen LogP contribution >= 0.6 is 0 Å². The standard InChI is InChI=1S/C13H24N2/c1-3-4-5-6-7-12(2)15-11-13-8-9-14-10-13/h8-10,12,14-15H,3-7,11H2,1-2H3. The molecule has 1 rings (SSSR count). The monoisotopic (exact) mass is 208 g/mol. The molecule has 0 saturated heterocycles. The summed E-state index contributed by atoms with van der Waals surface area (Å²) < 4.78 is 0. The molecule has 0 fully saturated rings. The molecule has 0 aliphatic rings. The Bertz CT molecular complexity index is 229. The van der Waals surface area contributed by atoms with Gasteiger partial charge in [0.2, 0.25) is 0 Å². The maximum atomic E-state index is 3.54. The summed E-state index contributed by atoms with van der Waals surface area (Å²) in [6.07, 6.45) is 10.8. The van der Waals surface area contributed by atoms with Crippen molar-refractivity contribution < 1.29 is 0 Å². The first kappa shape index (κ1) is 12.3. The number of aromatic nitrogens is 1. The summed E-state index contributed by atoms with van der Waals surface area (Å²) in [6.45, 7) is 5.52. The highest BCUT2D eigenvalue weighted by atomic mass is 14.9. The van der Waals surface area contributed by atoms with E-state index in [9.17, 15) is 0 Å². The van der Waals surface area contributed by atoms with E-state index in [1.54, 1.807) is 0 Å². The van der Waals surface area contributed by atoms with Gasteiger partial charge in [0.25, 0.3) is 0 Å². The lowest BCUT2D eigenvalue weighted by Crippen LogP contribution is -2.25. The van der Waals surface area contributed by atoms with Crippen LogP contribution in [0, 0.1) is 0 Å². The van der Waals surface area contributed by atoms with Gasteiger partial charge >= 0.3 is 0 Å². The minimum Gasteiger partial charge on any atom is -0.367 e. The minimum atomic E-state index is 0.636. The summed E-state index contributed by atoms with van der Waals surface area (Å²) in [5, 5.41) is 3.54. The molecule has 86 valence electrons.